The monoisotopic (exact) mass is 463 g/mol. The number of hydrogen-bond donors (Lipinski definition) is 2. The summed E-state index contributed by atoms with van der Waals surface area (Å²) in [5.41, 5.74) is 3.13. The summed E-state index contributed by atoms with van der Waals surface area (Å²) >= 11 is 12.5. The van der Waals surface area contributed by atoms with E-state index in [0.29, 0.717) is 32.3 Å². The summed E-state index contributed by atoms with van der Waals surface area (Å²) in [6.07, 6.45) is 0. The second-order valence-corrected chi connectivity index (χ2v) is 8.49. The number of rotatable bonds is 4. The van der Waals surface area contributed by atoms with Gasteiger partial charge in [0.2, 0.25) is 5.91 Å². The Kier molecular flexibility index (Phi) is 6.18. The average Bonchev–Trinajstić information content (AvgIpc) is 2.79. The first-order valence-corrected chi connectivity index (χ1v) is 10.8. The molecule has 0 aromatic heterocycles. The quantitative estimate of drug-likeness (QED) is 0.549. The molecule has 1 aliphatic rings. The minimum absolute atomic E-state index is 0.245. The molecular formula is C25H19Cl2N3O2. The van der Waals surface area contributed by atoms with E-state index in [9.17, 15) is 9.59 Å². The van der Waals surface area contributed by atoms with Crippen LogP contribution in [0.1, 0.15) is 57.5 Å². The van der Waals surface area contributed by atoms with E-state index in [2.05, 4.69) is 16.7 Å². The molecule has 0 fully saturated rings. The maximum Gasteiger partial charge on any atom is 0.252 e. The van der Waals surface area contributed by atoms with Gasteiger partial charge >= 0.3 is 0 Å². The van der Waals surface area contributed by atoms with Crippen LogP contribution in [0.2, 0.25) is 10.0 Å². The van der Waals surface area contributed by atoms with Crippen molar-refractivity contribution < 1.29 is 9.59 Å². The lowest BCUT2D eigenvalue weighted by atomic mass is 9.80. The topological polar surface area (TPSA) is 82.0 Å². The third kappa shape index (κ3) is 4.20. The van der Waals surface area contributed by atoms with Gasteiger partial charge in [0.05, 0.1) is 29.6 Å². The van der Waals surface area contributed by atoms with Gasteiger partial charge in [0, 0.05) is 15.6 Å². The molecule has 0 bridgehead atoms. The minimum Gasteiger partial charge on any atom is -0.349 e. The second kappa shape index (κ2) is 9.04. The molecule has 0 saturated carbocycles. The normalized spacial score (nSPS) is 18.1. The van der Waals surface area contributed by atoms with Crippen LogP contribution in [0, 0.1) is 11.3 Å². The minimum atomic E-state index is -0.691. The van der Waals surface area contributed by atoms with Gasteiger partial charge in [0.15, 0.2) is 0 Å². The summed E-state index contributed by atoms with van der Waals surface area (Å²) in [5, 5.41) is 15.8. The summed E-state index contributed by atoms with van der Waals surface area (Å²) in [6.45, 7) is 1.87. The molecule has 0 spiro atoms. The van der Waals surface area contributed by atoms with Gasteiger partial charge in [-0.1, -0.05) is 59.6 Å². The number of nitriles is 1. The molecule has 3 atom stereocenters. The largest absolute Gasteiger partial charge is 0.349 e. The summed E-state index contributed by atoms with van der Waals surface area (Å²) in [7, 11) is 0. The summed E-state index contributed by atoms with van der Waals surface area (Å²) in [4.78, 5) is 26.3. The Bertz CT molecular complexity index is 1230. The summed E-state index contributed by atoms with van der Waals surface area (Å²) in [5.74, 6) is -1.20. The molecule has 7 heteroatoms. The summed E-state index contributed by atoms with van der Waals surface area (Å²) in [6, 6.07) is 20.3. The van der Waals surface area contributed by atoms with Crippen molar-refractivity contribution in [2.24, 2.45) is 0 Å². The van der Waals surface area contributed by atoms with E-state index >= 15 is 0 Å². The number of carbonyl (C=O) groups excluding carboxylic acids is 2. The Hall–Kier alpha value is -3.33. The fourth-order valence-corrected chi connectivity index (χ4v) is 4.52. The molecule has 1 aliphatic heterocycles. The van der Waals surface area contributed by atoms with Gasteiger partial charge < -0.3 is 10.6 Å². The molecule has 0 saturated heterocycles. The Morgan fingerprint density at radius 3 is 2.47 bits per heavy atom. The van der Waals surface area contributed by atoms with E-state index < -0.39 is 12.0 Å². The molecule has 2 amide bonds. The molecule has 32 heavy (non-hydrogen) atoms. The fraction of sp³-hybridized carbons (Fsp3) is 0.160. The van der Waals surface area contributed by atoms with Crippen molar-refractivity contribution in [1.29, 1.82) is 5.26 Å². The van der Waals surface area contributed by atoms with Crippen LogP contribution in [0.15, 0.2) is 66.7 Å². The van der Waals surface area contributed by atoms with Crippen molar-refractivity contribution in [3.63, 3.8) is 0 Å². The highest BCUT2D eigenvalue weighted by Gasteiger charge is 2.40. The zero-order chi connectivity index (χ0) is 22.8. The number of fused-ring (bicyclic) bond motifs is 1. The highest BCUT2D eigenvalue weighted by Crippen LogP contribution is 2.40. The SMILES string of the molecule is CC(NC(=O)[C@@H]1c2ccccc2C(=O)N[C@H]1c1ccc(Cl)cc1Cl)c1ccc(C#N)cc1. The molecule has 5 nitrogen and oxygen atoms in total. The van der Waals surface area contributed by atoms with Crippen LogP contribution in [0.5, 0.6) is 0 Å². The Balaban J connectivity index is 1.71. The van der Waals surface area contributed by atoms with E-state index in [0.717, 1.165) is 5.56 Å². The zero-order valence-electron chi connectivity index (χ0n) is 17.1. The molecular weight excluding hydrogens is 445 g/mol. The van der Waals surface area contributed by atoms with Crippen molar-refractivity contribution >= 4 is 35.0 Å². The van der Waals surface area contributed by atoms with Gasteiger partial charge in [-0.05, 0) is 53.9 Å². The number of benzene rings is 3. The molecule has 160 valence electrons. The van der Waals surface area contributed by atoms with E-state index in [1.54, 1.807) is 48.5 Å². The molecule has 4 rings (SSSR count). The van der Waals surface area contributed by atoms with Crippen LogP contribution in [0.4, 0.5) is 0 Å². The van der Waals surface area contributed by atoms with Crippen LogP contribution >= 0.6 is 23.2 Å². The van der Waals surface area contributed by atoms with E-state index in [4.69, 9.17) is 28.5 Å². The van der Waals surface area contributed by atoms with Gasteiger partial charge in [-0.2, -0.15) is 5.26 Å². The fourth-order valence-electron chi connectivity index (χ4n) is 3.99. The molecule has 0 aliphatic carbocycles. The first-order valence-electron chi connectivity index (χ1n) is 10.0. The predicted molar refractivity (Wildman–Crippen MR) is 124 cm³/mol. The first-order chi connectivity index (χ1) is 15.4. The number of hydrogen-bond acceptors (Lipinski definition) is 3. The molecule has 2 N–H and O–H groups in total. The molecule has 1 unspecified atom stereocenters. The Morgan fingerprint density at radius 1 is 1.06 bits per heavy atom. The van der Waals surface area contributed by atoms with Crippen molar-refractivity contribution in [2.45, 2.75) is 24.9 Å². The summed E-state index contributed by atoms with van der Waals surface area (Å²) < 4.78 is 0. The third-order valence-electron chi connectivity index (χ3n) is 5.64. The van der Waals surface area contributed by atoms with Crippen LogP contribution in [-0.4, -0.2) is 11.8 Å². The lowest BCUT2D eigenvalue weighted by Gasteiger charge is -2.34. The molecule has 0 radical (unpaired) electrons. The number of amides is 2. The van der Waals surface area contributed by atoms with Gasteiger partial charge in [0.25, 0.3) is 5.91 Å². The van der Waals surface area contributed by atoms with Gasteiger partial charge in [-0.15, -0.1) is 0 Å². The van der Waals surface area contributed by atoms with E-state index in [-0.39, 0.29) is 17.9 Å². The van der Waals surface area contributed by atoms with Crippen molar-refractivity contribution in [1.82, 2.24) is 10.6 Å². The zero-order valence-corrected chi connectivity index (χ0v) is 18.6. The van der Waals surface area contributed by atoms with Gasteiger partial charge in [-0.25, -0.2) is 0 Å². The highest BCUT2D eigenvalue weighted by molar-refractivity contribution is 6.35. The standard InChI is InChI=1S/C25H19Cl2N3O2/c1-14(16-8-6-15(13-28)7-9-16)29-25(32)22-18-4-2-3-5-19(18)24(31)30-23(22)20-11-10-17(26)12-21(20)27/h2-12,14,22-23H,1H3,(H,29,32)(H,30,31)/t14?,22-,23+/m1/s1. The smallest absolute Gasteiger partial charge is 0.252 e. The van der Waals surface area contributed by atoms with Gasteiger partial charge in [-0.3, -0.25) is 9.59 Å². The van der Waals surface area contributed by atoms with Crippen LogP contribution in [0.3, 0.4) is 0 Å². The van der Waals surface area contributed by atoms with Crippen LogP contribution < -0.4 is 10.6 Å². The van der Waals surface area contributed by atoms with E-state index in [1.165, 1.54) is 0 Å². The number of carbonyl (C=O) groups is 2. The van der Waals surface area contributed by atoms with Crippen molar-refractivity contribution in [3.05, 3.63) is 105 Å². The highest BCUT2D eigenvalue weighted by atomic mass is 35.5. The molecule has 1 heterocycles. The predicted octanol–water partition coefficient (Wildman–Crippen LogP) is 5.31. The maximum atomic E-state index is 13.6. The van der Waals surface area contributed by atoms with Crippen LogP contribution in [0.25, 0.3) is 0 Å². The van der Waals surface area contributed by atoms with Crippen molar-refractivity contribution in [2.75, 3.05) is 0 Å². The molecule has 3 aromatic carbocycles. The third-order valence-corrected chi connectivity index (χ3v) is 6.20. The van der Waals surface area contributed by atoms with Crippen LogP contribution in [-0.2, 0) is 4.79 Å². The lowest BCUT2D eigenvalue weighted by molar-refractivity contribution is -0.124. The maximum absolute atomic E-state index is 13.6. The number of nitrogens with one attached hydrogen (secondary N) is 2. The Morgan fingerprint density at radius 2 is 1.78 bits per heavy atom. The lowest BCUT2D eigenvalue weighted by Crippen LogP contribution is -2.45. The second-order valence-electron chi connectivity index (χ2n) is 7.65. The number of nitrogens with zero attached hydrogens (tertiary/aromatic N) is 1. The van der Waals surface area contributed by atoms with E-state index in [1.807, 2.05) is 25.1 Å². The number of halogens is 2. The first kappa shape index (κ1) is 21.9. The van der Waals surface area contributed by atoms with Gasteiger partial charge in [0.1, 0.15) is 0 Å². The molecule has 3 aromatic rings. The average molecular weight is 464 g/mol. The van der Waals surface area contributed by atoms with Crippen molar-refractivity contribution in [3.8, 4) is 6.07 Å². The Labute approximate surface area is 196 Å².